The van der Waals surface area contributed by atoms with Gasteiger partial charge in [0.2, 0.25) is 0 Å². The fourth-order valence-electron chi connectivity index (χ4n) is 2.73. The lowest BCUT2D eigenvalue weighted by molar-refractivity contribution is -0.0766. The Labute approximate surface area is 130 Å². The van der Waals surface area contributed by atoms with Gasteiger partial charge in [-0.05, 0) is 31.4 Å². The summed E-state index contributed by atoms with van der Waals surface area (Å²) in [5.41, 5.74) is 6.09. The van der Waals surface area contributed by atoms with Gasteiger partial charge in [0.1, 0.15) is 6.23 Å². The summed E-state index contributed by atoms with van der Waals surface area (Å²) >= 11 is 0. The molecule has 22 heavy (non-hydrogen) atoms. The van der Waals surface area contributed by atoms with Gasteiger partial charge in [-0.1, -0.05) is 30.3 Å². The molecule has 0 heterocycles. The molecule has 118 valence electrons. The van der Waals surface area contributed by atoms with Gasteiger partial charge in [0.15, 0.2) is 0 Å². The lowest BCUT2D eigenvalue weighted by Gasteiger charge is -2.35. The van der Waals surface area contributed by atoms with Crippen LogP contribution in [-0.4, -0.2) is 34.4 Å². The molecule has 1 amide bonds. The van der Waals surface area contributed by atoms with E-state index in [0.29, 0.717) is 13.0 Å². The van der Waals surface area contributed by atoms with E-state index in [2.05, 4.69) is 0 Å². The average molecular weight is 303 g/mol. The number of nitrogens with zero attached hydrogens (tertiary/aromatic N) is 2. The highest BCUT2D eigenvalue weighted by Gasteiger charge is 2.52. The first-order chi connectivity index (χ1) is 10.6. The fraction of sp³-hybridized carbons (Fsp3) is 0.500. The summed E-state index contributed by atoms with van der Waals surface area (Å²) in [6.07, 6.45) is 0.317. The van der Waals surface area contributed by atoms with Crippen molar-refractivity contribution >= 4 is 6.09 Å². The molecule has 1 atom stereocenters. The van der Waals surface area contributed by atoms with Crippen LogP contribution in [0.3, 0.4) is 0 Å². The molecule has 1 aromatic carbocycles. The highest BCUT2D eigenvalue weighted by Crippen LogP contribution is 2.46. The van der Waals surface area contributed by atoms with E-state index in [9.17, 15) is 9.90 Å². The third-order valence-electron chi connectivity index (χ3n) is 3.99. The molecule has 1 saturated carbocycles. The topological polar surface area (TPSA) is 99.6 Å². The molecule has 1 fully saturated rings. The minimum Gasteiger partial charge on any atom is -0.465 e. The van der Waals surface area contributed by atoms with Gasteiger partial charge >= 0.3 is 6.09 Å². The van der Waals surface area contributed by atoms with Gasteiger partial charge in [0.05, 0.1) is 24.6 Å². The minimum atomic E-state index is -1.06. The third kappa shape index (κ3) is 3.75. The molecule has 0 aliphatic heterocycles. The Balaban J connectivity index is 2.10. The fourth-order valence-corrected chi connectivity index (χ4v) is 2.73. The molecule has 0 bridgehead atoms. The second-order valence-electron chi connectivity index (χ2n) is 5.53. The number of hydrogen-bond acceptors (Lipinski definition) is 4. The maximum Gasteiger partial charge on any atom is 0.409 e. The summed E-state index contributed by atoms with van der Waals surface area (Å²) in [6.45, 7) is 0.692. The number of ether oxygens (including phenoxy) is 1. The Morgan fingerprint density at radius 1 is 1.45 bits per heavy atom. The quantitative estimate of drug-likeness (QED) is 0.718. The molecule has 1 unspecified atom stereocenters. The SMILES string of the molecule is N#CCC(OCc1ccccc1)N(C(=O)O)C1(CCN)CC1. The number of hydrogen-bond donors (Lipinski definition) is 2. The van der Waals surface area contributed by atoms with Crippen LogP contribution in [0.5, 0.6) is 0 Å². The maximum absolute atomic E-state index is 11.7. The molecule has 1 aromatic rings. The van der Waals surface area contributed by atoms with Crippen molar-refractivity contribution in [3.05, 3.63) is 35.9 Å². The lowest BCUT2D eigenvalue weighted by Crippen LogP contribution is -2.50. The summed E-state index contributed by atoms with van der Waals surface area (Å²) in [6, 6.07) is 11.5. The van der Waals surface area contributed by atoms with Crippen LogP contribution in [0.25, 0.3) is 0 Å². The van der Waals surface area contributed by atoms with Crippen LogP contribution in [0.4, 0.5) is 4.79 Å². The largest absolute Gasteiger partial charge is 0.465 e. The Kier molecular flexibility index (Phi) is 5.36. The van der Waals surface area contributed by atoms with Gasteiger partial charge in [0, 0.05) is 0 Å². The Bertz CT molecular complexity index is 537. The molecular weight excluding hydrogens is 282 g/mol. The van der Waals surface area contributed by atoms with Crippen LogP contribution < -0.4 is 5.73 Å². The first-order valence-corrected chi connectivity index (χ1v) is 7.38. The van der Waals surface area contributed by atoms with E-state index in [4.69, 9.17) is 15.7 Å². The molecule has 2 rings (SSSR count). The van der Waals surface area contributed by atoms with Crippen LogP contribution in [0.15, 0.2) is 30.3 Å². The van der Waals surface area contributed by atoms with Crippen LogP contribution in [0, 0.1) is 11.3 Å². The minimum absolute atomic E-state index is 0.00541. The average Bonchev–Trinajstić information content (AvgIpc) is 3.26. The Hall–Kier alpha value is -2.10. The van der Waals surface area contributed by atoms with Crippen molar-refractivity contribution < 1.29 is 14.6 Å². The highest BCUT2D eigenvalue weighted by atomic mass is 16.5. The van der Waals surface area contributed by atoms with Crippen LogP contribution in [0.2, 0.25) is 0 Å². The van der Waals surface area contributed by atoms with E-state index in [1.165, 1.54) is 4.90 Å². The number of carboxylic acid groups (broad SMARTS) is 1. The van der Waals surface area contributed by atoms with E-state index in [-0.39, 0.29) is 13.0 Å². The normalized spacial score (nSPS) is 16.5. The lowest BCUT2D eigenvalue weighted by atomic mass is 10.1. The zero-order valence-electron chi connectivity index (χ0n) is 12.4. The number of nitrogens with two attached hydrogens (primary N) is 1. The number of carbonyl (C=O) groups is 1. The summed E-state index contributed by atoms with van der Waals surface area (Å²) < 4.78 is 5.75. The predicted molar refractivity (Wildman–Crippen MR) is 80.7 cm³/mol. The smallest absolute Gasteiger partial charge is 0.409 e. The molecule has 1 aliphatic carbocycles. The van der Waals surface area contributed by atoms with Gasteiger partial charge in [-0.15, -0.1) is 0 Å². The molecule has 1 aliphatic rings. The van der Waals surface area contributed by atoms with Gasteiger partial charge in [-0.3, -0.25) is 4.90 Å². The number of rotatable bonds is 8. The summed E-state index contributed by atoms with van der Waals surface area (Å²) in [4.78, 5) is 13.0. The predicted octanol–water partition coefficient (Wildman–Crippen LogP) is 2.30. The standard InChI is InChI=1S/C16H21N3O3/c17-10-6-14(22-12-13-4-2-1-3-5-13)19(15(20)21)16(7-8-16)9-11-18/h1-5,14H,6-9,11-12,18H2,(H,20,21). The molecular formula is C16H21N3O3. The van der Waals surface area contributed by atoms with Crippen molar-refractivity contribution in [1.29, 1.82) is 5.26 Å². The van der Waals surface area contributed by atoms with Crippen LogP contribution in [-0.2, 0) is 11.3 Å². The van der Waals surface area contributed by atoms with E-state index in [1.54, 1.807) is 0 Å². The number of amides is 1. The van der Waals surface area contributed by atoms with Gasteiger partial charge in [0.25, 0.3) is 0 Å². The monoisotopic (exact) mass is 303 g/mol. The summed E-state index contributed by atoms with van der Waals surface area (Å²) in [5.74, 6) is 0. The van der Waals surface area contributed by atoms with Crippen molar-refractivity contribution in [3.8, 4) is 6.07 Å². The maximum atomic E-state index is 11.7. The van der Waals surface area contributed by atoms with E-state index < -0.39 is 17.9 Å². The second kappa shape index (κ2) is 7.25. The van der Waals surface area contributed by atoms with Crippen molar-refractivity contribution in [1.82, 2.24) is 4.90 Å². The number of benzene rings is 1. The van der Waals surface area contributed by atoms with Crippen molar-refractivity contribution in [2.45, 2.75) is 44.1 Å². The zero-order valence-corrected chi connectivity index (χ0v) is 12.4. The Morgan fingerprint density at radius 3 is 2.64 bits per heavy atom. The van der Waals surface area contributed by atoms with E-state index in [1.807, 2.05) is 36.4 Å². The zero-order chi connectivity index (χ0) is 16.0. The van der Waals surface area contributed by atoms with E-state index in [0.717, 1.165) is 18.4 Å². The van der Waals surface area contributed by atoms with Gasteiger partial charge in [-0.25, -0.2) is 4.79 Å². The molecule has 0 saturated heterocycles. The first-order valence-electron chi connectivity index (χ1n) is 7.38. The van der Waals surface area contributed by atoms with Gasteiger partial charge < -0.3 is 15.6 Å². The molecule has 6 nitrogen and oxygen atoms in total. The Morgan fingerprint density at radius 2 is 2.14 bits per heavy atom. The first kappa shape index (κ1) is 16.3. The summed E-state index contributed by atoms with van der Waals surface area (Å²) in [5, 5.41) is 18.6. The number of nitriles is 1. The highest BCUT2D eigenvalue weighted by molar-refractivity contribution is 5.67. The molecule has 0 radical (unpaired) electrons. The third-order valence-corrected chi connectivity index (χ3v) is 3.99. The van der Waals surface area contributed by atoms with Crippen LogP contribution >= 0.6 is 0 Å². The van der Waals surface area contributed by atoms with Crippen molar-refractivity contribution in [2.75, 3.05) is 6.54 Å². The van der Waals surface area contributed by atoms with Crippen molar-refractivity contribution in [2.24, 2.45) is 5.73 Å². The summed E-state index contributed by atoms with van der Waals surface area (Å²) in [7, 11) is 0. The molecule has 0 spiro atoms. The molecule has 6 heteroatoms. The molecule has 3 N–H and O–H groups in total. The van der Waals surface area contributed by atoms with Crippen molar-refractivity contribution in [3.63, 3.8) is 0 Å². The molecule has 0 aromatic heterocycles. The van der Waals surface area contributed by atoms with E-state index >= 15 is 0 Å². The van der Waals surface area contributed by atoms with Gasteiger partial charge in [-0.2, -0.15) is 5.26 Å². The van der Waals surface area contributed by atoms with Crippen LogP contribution in [0.1, 0.15) is 31.2 Å². The second-order valence-corrected chi connectivity index (χ2v) is 5.53.